The largest absolute Gasteiger partial charge is 0.434 e. The number of hydrogen-bond donors (Lipinski definition) is 1. The number of amidine groups is 1. The van der Waals surface area contributed by atoms with E-state index in [-0.39, 0.29) is 34.6 Å². The van der Waals surface area contributed by atoms with Crippen LogP contribution in [0.1, 0.15) is 52.1 Å². The fourth-order valence-electron chi connectivity index (χ4n) is 4.25. The number of nitrogens with zero attached hydrogens (tertiary/aromatic N) is 3. The molecule has 1 fully saturated rings. The van der Waals surface area contributed by atoms with Crippen LogP contribution < -0.4 is 10.2 Å². The smallest absolute Gasteiger partial charge is 0.250 e. The first-order valence-corrected chi connectivity index (χ1v) is 11.8. The standard InChI is InChI=1S/C26H26ClFN4O2/c1-14-7-8-18(15(2)11-14)12-19-13-33-32-25(29-19)22-16(3)24(27)30-31-26(22)34-21-6-4-5-20(23(21)28)17-9-10-17/h4-8,11,17,19H,9-10,12-13H2,1-3H3,(H,29,32)/t19-/m1/s1. The number of aromatic nitrogens is 2. The first kappa shape index (κ1) is 22.7. The van der Waals surface area contributed by atoms with E-state index in [9.17, 15) is 0 Å². The number of ether oxygens (including phenoxy) is 1. The Bertz CT molecular complexity index is 1280. The van der Waals surface area contributed by atoms with Crippen LogP contribution in [0.25, 0.3) is 0 Å². The Morgan fingerprint density at radius 2 is 1.97 bits per heavy atom. The Balaban J connectivity index is 1.48. The lowest BCUT2D eigenvalue weighted by molar-refractivity contribution is 0.0622. The summed E-state index contributed by atoms with van der Waals surface area (Å²) in [6.45, 7) is 6.39. The molecule has 1 aliphatic heterocycles. The molecule has 34 heavy (non-hydrogen) atoms. The minimum absolute atomic E-state index is 0.103. The van der Waals surface area contributed by atoms with E-state index in [4.69, 9.17) is 26.2 Å². The molecule has 1 atom stereocenters. The molecule has 3 aromatic rings. The molecule has 1 aromatic heterocycles. The van der Waals surface area contributed by atoms with Gasteiger partial charge in [-0.05, 0) is 68.7 Å². The molecule has 0 saturated heterocycles. The predicted octanol–water partition coefficient (Wildman–Crippen LogP) is 5.76. The van der Waals surface area contributed by atoms with Gasteiger partial charge in [0.15, 0.2) is 22.6 Å². The van der Waals surface area contributed by atoms with E-state index in [1.165, 1.54) is 16.7 Å². The van der Waals surface area contributed by atoms with E-state index in [1.54, 1.807) is 25.1 Å². The molecule has 0 spiro atoms. The molecule has 2 aromatic carbocycles. The summed E-state index contributed by atoms with van der Waals surface area (Å²) >= 11 is 6.29. The summed E-state index contributed by atoms with van der Waals surface area (Å²) in [5, 5.41) is 8.33. The van der Waals surface area contributed by atoms with Crippen molar-refractivity contribution in [2.75, 3.05) is 6.61 Å². The second-order valence-corrected chi connectivity index (χ2v) is 9.37. The number of benzene rings is 2. The molecule has 0 unspecified atom stereocenters. The van der Waals surface area contributed by atoms with Crippen LogP contribution in [0.4, 0.5) is 4.39 Å². The van der Waals surface area contributed by atoms with Crippen molar-refractivity contribution in [3.63, 3.8) is 0 Å². The van der Waals surface area contributed by atoms with Gasteiger partial charge in [-0.3, -0.25) is 9.83 Å². The highest BCUT2D eigenvalue weighted by Crippen LogP contribution is 2.43. The molecule has 176 valence electrons. The van der Waals surface area contributed by atoms with Crippen LogP contribution >= 0.6 is 11.6 Å². The summed E-state index contributed by atoms with van der Waals surface area (Å²) < 4.78 is 21.1. The van der Waals surface area contributed by atoms with Crippen molar-refractivity contribution in [1.29, 1.82) is 0 Å². The van der Waals surface area contributed by atoms with E-state index in [0.717, 1.165) is 19.3 Å². The molecular formula is C26H26ClFN4O2. The first-order chi connectivity index (χ1) is 16.4. The van der Waals surface area contributed by atoms with Crippen LogP contribution in [0, 0.1) is 26.6 Å². The van der Waals surface area contributed by atoms with E-state index in [0.29, 0.717) is 29.1 Å². The maximum atomic E-state index is 15.1. The van der Waals surface area contributed by atoms with Crippen LogP contribution in [0.2, 0.25) is 5.15 Å². The number of rotatable bonds is 6. The van der Waals surface area contributed by atoms with Crippen LogP contribution in [-0.4, -0.2) is 28.7 Å². The van der Waals surface area contributed by atoms with Crippen LogP contribution in [-0.2, 0) is 11.3 Å². The van der Waals surface area contributed by atoms with E-state index in [2.05, 4.69) is 47.7 Å². The molecule has 0 amide bonds. The summed E-state index contributed by atoms with van der Waals surface area (Å²) in [4.78, 5) is 10.5. The van der Waals surface area contributed by atoms with Gasteiger partial charge < -0.3 is 4.74 Å². The number of aryl methyl sites for hydroxylation is 2. The van der Waals surface area contributed by atoms with Gasteiger partial charge in [0.2, 0.25) is 0 Å². The van der Waals surface area contributed by atoms with E-state index >= 15 is 4.39 Å². The van der Waals surface area contributed by atoms with Crippen molar-refractivity contribution in [2.45, 2.75) is 52.0 Å². The number of hydrogen-bond acceptors (Lipinski definition) is 6. The van der Waals surface area contributed by atoms with Gasteiger partial charge in [0.05, 0.1) is 18.2 Å². The number of halogens is 2. The highest BCUT2D eigenvalue weighted by atomic mass is 35.5. The SMILES string of the molecule is Cc1ccc(C[C@@H]2CONC(c3c(Oc4cccc(C5CC5)c4F)nnc(Cl)c3C)=N2)c(C)c1. The lowest BCUT2D eigenvalue weighted by Crippen LogP contribution is -2.37. The molecule has 6 nitrogen and oxygen atoms in total. The minimum Gasteiger partial charge on any atom is -0.434 e. The van der Waals surface area contributed by atoms with Gasteiger partial charge in [0, 0.05) is 5.56 Å². The molecular weight excluding hydrogens is 455 g/mol. The average Bonchev–Trinajstić information content (AvgIpc) is 3.65. The van der Waals surface area contributed by atoms with Crippen LogP contribution in [0.5, 0.6) is 11.6 Å². The fraction of sp³-hybridized carbons (Fsp3) is 0.346. The van der Waals surface area contributed by atoms with Gasteiger partial charge in [-0.2, -0.15) is 0 Å². The molecule has 8 heteroatoms. The molecule has 0 radical (unpaired) electrons. The lowest BCUT2D eigenvalue weighted by atomic mass is 9.99. The molecule has 0 bridgehead atoms. The highest BCUT2D eigenvalue weighted by Gasteiger charge is 2.29. The van der Waals surface area contributed by atoms with Crippen molar-refractivity contribution in [3.8, 4) is 11.6 Å². The predicted molar refractivity (Wildman–Crippen MR) is 129 cm³/mol. The normalized spacial score (nSPS) is 17.8. The van der Waals surface area contributed by atoms with Gasteiger partial charge in [-0.25, -0.2) is 9.87 Å². The number of hydroxylamine groups is 1. The zero-order chi connectivity index (χ0) is 23.8. The molecule has 5 rings (SSSR count). The van der Waals surface area contributed by atoms with Gasteiger partial charge in [0.1, 0.15) is 0 Å². The Morgan fingerprint density at radius 1 is 1.15 bits per heavy atom. The summed E-state index contributed by atoms with van der Waals surface area (Å²) in [5.74, 6) is 0.545. The molecule has 2 heterocycles. The zero-order valence-corrected chi connectivity index (χ0v) is 20.1. The monoisotopic (exact) mass is 480 g/mol. The quantitative estimate of drug-likeness (QED) is 0.486. The minimum atomic E-state index is -0.368. The molecule has 1 saturated carbocycles. The second-order valence-electron chi connectivity index (χ2n) is 9.01. The van der Waals surface area contributed by atoms with Gasteiger partial charge >= 0.3 is 0 Å². The van der Waals surface area contributed by atoms with Gasteiger partial charge in [0.25, 0.3) is 5.88 Å². The Hall–Kier alpha value is -3.03. The Labute approximate surface area is 203 Å². The highest BCUT2D eigenvalue weighted by molar-refractivity contribution is 6.30. The lowest BCUT2D eigenvalue weighted by Gasteiger charge is -2.24. The fourth-order valence-corrected chi connectivity index (χ4v) is 4.38. The third-order valence-electron chi connectivity index (χ3n) is 6.29. The summed E-state index contributed by atoms with van der Waals surface area (Å²) in [5.41, 5.74) is 8.31. The number of aliphatic imine (C=N–C) groups is 1. The number of nitrogens with one attached hydrogen (secondary N) is 1. The molecule has 1 N–H and O–H groups in total. The first-order valence-electron chi connectivity index (χ1n) is 11.4. The van der Waals surface area contributed by atoms with E-state index < -0.39 is 0 Å². The van der Waals surface area contributed by atoms with Crippen molar-refractivity contribution >= 4 is 17.4 Å². The van der Waals surface area contributed by atoms with Gasteiger partial charge in [-0.15, -0.1) is 10.2 Å². The maximum absolute atomic E-state index is 15.1. The maximum Gasteiger partial charge on any atom is 0.250 e. The van der Waals surface area contributed by atoms with Crippen molar-refractivity contribution in [1.82, 2.24) is 15.7 Å². The van der Waals surface area contributed by atoms with Crippen LogP contribution in [0.15, 0.2) is 41.4 Å². The van der Waals surface area contributed by atoms with Gasteiger partial charge in [-0.1, -0.05) is 47.5 Å². The van der Waals surface area contributed by atoms with Crippen molar-refractivity contribution < 1.29 is 14.0 Å². The third-order valence-corrected chi connectivity index (χ3v) is 6.65. The summed E-state index contributed by atoms with van der Waals surface area (Å²) in [7, 11) is 0. The summed E-state index contributed by atoms with van der Waals surface area (Å²) in [6, 6.07) is 11.5. The molecule has 2 aliphatic rings. The second kappa shape index (κ2) is 9.31. The van der Waals surface area contributed by atoms with Crippen LogP contribution in [0.3, 0.4) is 0 Å². The van der Waals surface area contributed by atoms with Crippen molar-refractivity contribution in [3.05, 3.63) is 80.7 Å². The zero-order valence-electron chi connectivity index (χ0n) is 19.4. The Morgan fingerprint density at radius 3 is 2.74 bits per heavy atom. The average molecular weight is 481 g/mol. The van der Waals surface area contributed by atoms with E-state index in [1.807, 2.05) is 0 Å². The summed E-state index contributed by atoms with van der Waals surface area (Å²) in [6.07, 6.45) is 2.70. The third kappa shape index (κ3) is 4.63. The molecule has 1 aliphatic carbocycles. The van der Waals surface area contributed by atoms with Crippen molar-refractivity contribution in [2.24, 2.45) is 4.99 Å². The Kier molecular flexibility index (Phi) is 6.23. The topological polar surface area (TPSA) is 68.6 Å².